The molecule has 45 heavy (non-hydrogen) atoms. The number of nitrogens with two attached hydrogens (primary N) is 1. The summed E-state index contributed by atoms with van der Waals surface area (Å²) in [4.78, 5) is 16.4. The van der Waals surface area contributed by atoms with Crippen LogP contribution in [0.25, 0.3) is 21.8 Å². The van der Waals surface area contributed by atoms with Gasteiger partial charge in [0.15, 0.2) is 0 Å². The lowest BCUT2D eigenvalue weighted by Crippen LogP contribution is -2.08. The number of esters is 1. The number of rotatable bonds is 7. The van der Waals surface area contributed by atoms with Gasteiger partial charge in [0.25, 0.3) is 0 Å². The lowest BCUT2D eigenvalue weighted by molar-refractivity contribution is 0.0599. The molecule has 0 aliphatic carbocycles. The number of anilines is 1. The van der Waals surface area contributed by atoms with Crippen molar-refractivity contribution >= 4 is 45.1 Å². The van der Waals surface area contributed by atoms with Crippen LogP contribution in [0.15, 0.2) is 122 Å². The highest BCUT2D eigenvalue weighted by molar-refractivity contribution is 6.30. The number of hydrogen-bond acceptors (Lipinski definition) is 6. The number of pyridine rings is 1. The standard InChI is InChI=1S/C22H18ClN3O2.C14H13N3/c1-28-22(27)19-11-18(23)13-24-20(19)10-16-7-8-21-17(9-16)12-25-26(21)14-15-5-3-2-4-6-15;15-13-6-7-14-12(8-13)9-16-17(14)10-11-4-2-1-3-5-11/h2-9,11-13H,10,14H2,1H3;1-9H,10,15H2. The second-order valence-electron chi connectivity index (χ2n) is 10.6. The number of benzene rings is 4. The van der Waals surface area contributed by atoms with Gasteiger partial charge in [0.2, 0.25) is 0 Å². The fraction of sp³-hybridized carbons (Fsp3) is 0.111. The average molecular weight is 615 g/mol. The smallest absolute Gasteiger partial charge is 0.339 e. The van der Waals surface area contributed by atoms with Crippen LogP contribution in [0.4, 0.5) is 5.69 Å². The number of nitrogens with zero attached hydrogens (tertiary/aromatic N) is 5. The molecule has 3 heterocycles. The third kappa shape index (κ3) is 7.03. The maximum absolute atomic E-state index is 12.0. The van der Waals surface area contributed by atoms with E-state index in [-0.39, 0.29) is 0 Å². The predicted octanol–water partition coefficient (Wildman–Crippen LogP) is 7.18. The third-order valence-corrected chi connectivity index (χ3v) is 7.64. The largest absolute Gasteiger partial charge is 0.465 e. The van der Waals surface area contributed by atoms with Crippen LogP contribution in [0, 0.1) is 0 Å². The van der Waals surface area contributed by atoms with Crippen molar-refractivity contribution in [1.82, 2.24) is 24.5 Å². The second kappa shape index (κ2) is 13.4. The summed E-state index contributed by atoms with van der Waals surface area (Å²) in [7, 11) is 1.35. The number of hydrogen-bond donors (Lipinski definition) is 1. The summed E-state index contributed by atoms with van der Waals surface area (Å²) in [5, 5.41) is 11.4. The lowest BCUT2D eigenvalue weighted by atomic mass is 10.0. The minimum absolute atomic E-state index is 0.384. The maximum Gasteiger partial charge on any atom is 0.339 e. The highest BCUT2D eigenvalue weighted by Crippen LogP contribution is 2.22. The molecule has 224 valence electrons. The van der Waals surface area contributed by atoms with Crippen LogP contribution in [0.5, 0.6) is 0 Å². The molecule has 8 nitrogen and oxygen atoms in total. The Morgan fingerprint density at radius 2 is 1.31 bits per heavy atom. The number of methoxy groups -OCH3 is 1. The van der Waals surface area contributed by atoms with Crippen molar-refractivity contribution in [3.8, 4) is 0 Å². The molecule has 0 aliphatic rings. The zero-order valence-corrected chi connectivity index (χ0v) is 25.4. The van der Waals surface area contributed by atoms with E-state index in [2.05, 4.69) is 45.5 Å². The molecule has 0 saturated carbocycles. The number of carbonyl (C=O) groups is 1. The Hall–Kier alpha value is -5.47. The van der Waals surface area contributed by atoms with E-state index in [0.717, 1.165) is 46.1 Å². The molecule has 0 amide bonds. The van der Waals surface area contributed by atoms with E-state index in [1.807, 2.05) is 88.5 Å². The molecule has 7 aromatic rings. The molecule has 0 bridgehead atoms. The Balaban J connectivity index is 0.000000179. The Labute approximate surface area is 265 Å². The van der Waals surface area contributed by atoms with Crippen molar-refractivity contribution in [2.24, 2.45) is 0 Å². The third-order valence-electron chi connectivity index (χ3n) is 7.44. The van der Waals surface area contributed by atoms with Gasteiger partial charge in [-0.3, -0.25) is 14.3 Å². The van der Waals surface area contributed by atoms with Crippen LogP contribution in [-0.4, -0.2) is 37.6 Å². The molecule has 0 atom stereocenters. The maximum atomic E-state index is 12.0. The average Bonchev–Trinajstić information content (AvgIpc) is 3.65. The van der Waals surface area contributed by atoms with Gasteiger partial charge in [-0.1, -0.05) is 78.3 Å². The molecule has 0 spiro atoms. The van der Waals surface area contributed by atoms with Gasteiger partial charge in [0.05, 0.1) is 59.9 Å². The van der Waals surface area contributed by atoms with Gasteiger partial charge in [-0.2, -0.15) is 10.2 Å². The van der Waals surface area contributed by atoms with E-state index in [1.54, 1.807) is 12.3 Å². The van der Waals surface area contributed by atoms with Crippen molar-refractivity contribution < 1.29 is 9.53 Å². The molecule has 4 aromatic carbocycles. The number of fused-ring (bicyclic) bond motifs is 2. The summed E-state index contributed by atoms with van der Waals surface area (Å²) in [6, 6.07) is 34.1. The zero-order chi connectivity index (χ0) is 31.2. The molecule has 7 rings (SSSR count). The molecule has 0 saturated heterocycles. The lowest BCUT2D eigenvalue weighted by Gasteiger charge is -2.08. The Morgan fingerprint density at radius 3 is 1.91 bits per heavy atom. The van der Waals surface area contributed by atoms with Crippen LogP contribution < -0.4 is 5.73 Å². The van der Waals surface area contributed by atoms with E-state index in [4.69, 9.17) is 22.1 Å². The molecular weight excluding hydrogens is 584 g/mol. The monoisotopic (exact) mass is 614 g/mol. The minimum atomic E-state index is -0.443. The van der Waals surface area contributed by atoms with Crippen LogP contribution in [0.1, 0.15) is 32.7 Å². The molecule has 9 heteroatoms. The van der Waals surface area contributed by atoms with Gasteiger partial charge in [-0.25, -0.2) is 4.79 Å². The van der Waals surface area contributed by atoms with Gasteiger partial charge < -0.3 is 10.5 Å². The first kappa shape index (κ1) is 29.6. The van der Waals surface area contributed by atoms with Gasteiger partial charge in [0, 0.05) is 29.1 Å². The first-order valence-electron chi connectivity index (χ1n) is 14.4. The Morgan fingerprint density at radius 1 is 0.733 bits per heavy atom. The Kier molecular flexibility index (Phi) is 8.84. The predicted molar refractivity (Wildman–Crippen MR) is 178 cm³/mol. The number of nitrogen functional groups attached to an aromatic ring is 1. The number of aromatic nitrogens is 5. The molecule has 2 N–H and O–H groups in total. The quantitative estimate of drug-likeness (QED) is 0.151. The van der Waals surface area contributed by atoms with Crippen LogP contribution in [0.2, 0.25) is 5.02 Å². The number of ether oxygens (including phenoxy) is 1. The number of halogens is 1. The molecule has 0 radical (unpaired) electrons. The fourth-order valence-corrected chi connectivity index (χ4v) is 5.36. The molecule has 0 aliphatic heterocycles. The van der Waals surface area contributed by atoms with E-state index < -0.39 is 5.97 Å². The van der Waals surface area contributed by atoms with Gasteiger partial charge in [-0.15, -0.1) is 0 Å². The minimum Gasteiger partial charge on any atom is -0.465 e. The zero-order valence-electron chi connectivity index (χ0n) is 24.7. The fourth-order valence-electron chi connectivity index (χ4n) is 5.21. The van der Waals surface area contributed by atoms with Crippen molar-refractivity contribution in [1.29, 1.82) is 0 Å². The number of carbonyl (C=O) groups excluding carboxylic acids is 1. The SMILES string of the molecule is COC(=O)c1cc(Cl)cnc1Cc1ccc2c(cnn2Cc2ccccc2)c1.Nc1ccc2c(cnn2Cc2ccccc2)c1. The summed E-state index contributed by atoms with van der Waals surface area (Å²) < 4.78 is 8.82. The van der Waals surface area contributed by atoms with Crippen LogP contribution >= 0.6 is 11.6 Å². The van der Waals surface area contributed by atoms with Gasteiger partial charge >= 0.3 is 5.97 Å². The van der Waals surface area contributed by atoms with Crippen molar-refractivity contribution in [3.63, 3.8) is 0 Å². The van der Waals surface area contributed by atoms with Gasteiger partial charge in [0.1, 0.15) is 0 Å². The molecule has 0 fully saturated rings. The van der Waals surface area contributed by atoms with Gasteiger partial charge in [-0.05, 0) is 53.1 Å². The summed E-state index contributed by atoms with van der Waals surface area (Å²) in [5.41, 5.74) is 13.2. The highest BCUT2D eigenvalue weighted by Gasteiger charge is 2.15. The van der Waals surface area contributed by atoms with Crippen molar-refractivity contribution in [3.05, 3.63) is 155 Å². The summed E-state index contributed by atoms with van der Waals surface area (Å²) in [6.07, 6.45) is 5.76. The molecule has 0 unspecified atom stereocenters. The summed E-state index contributed by atoms with van der Waals surface area (Å²) >= 11 is 5.99. The van der Waals surface area contributed by atoms with Crippen LogP contribution in [0.3, 0.4) is 0 Å². The highest BCUT2D eigenvalue weighted by atomic mass is 35.5. The van der Waals surface area contributed by atoms with Crippen LogP contribution in [-0.2, 0) is 24.2 Å². The van der Waals surface area contributed by atoms with E-state index in [0.29, 0.717) is 22.7 Å². The summed E-state index contributed by atoms with van der Waals surface area (Å²) in [5.74, 6) is -0.443. The molecule has 3 aromatic heterocycles. The summed E-state index contributed by atoms with van der Waals surface area (Å²) in [6.45, 7) is 1.50. The van der Waals surface area contributed by atoms with E-state index >= 15 is 0 Å². The Bertz CT molecular complexity index is 2070. The molecular formula is C36H31ClN6O2. The van der Waals surface area contributed by atoms with E-state index in [1.165, 1.54) is 18.2 Å². The van der Waals surface area contributed by atoms with Crippen molar-refractivity contribution in [2.45, 2.75) is 19.5 Å². The normalized spacial score (nSPS) is 10.9. The van der Waals surface area contributed by atoms with Crippen molar-refractivity contribution in [2.75, 3.05) is 12.8 Å². The first-order valence-corrected chi connectivity index (χ1v) is 14.8. The van der Waals surface area contributed by atoms with E-state index in [9.17, 15) is 4.79 Å². The first-order chi connectivity index (χ1) is 22.0. The second-order valence-corrected chi connectivity index (χ2v) is 11.0. The topological polar surface area (TPSA) is 101 Å².